The molecule has 0 aromatic rings. The minimum Gasteiger partial charge on any atom is -0.385 e. The molecule has 0 aromatic carbocycles. The maximum Gasteiger partial charge on any atom is 0.187 e. The molecule has 4 heteroatoms. The lowest BCUT2D eigenvalue weighted by Gasteiger charge is -2.17. The lowest BCUT2D eigenvalue weighted by Crippen LogP contribution is -2.39. The molecular weight excluding hydrogens is 136 g/mol. The number of ether oxygens (including phenoxy) is 3. The summed E-state index contributed by atoms with van der Waals surface area (Å²) in [6, 6.07) is 0. The Bertz CT molecular complexity index is 169. The van der Waals surface area contributed by atoms with Gasteiger partial charge in [-0.15, -0.1) is 0 Å². The van der Waals surface area contributed by atoms with Crippen molar-refractivity contribution in [1.82, 2.24) is 0 Å². The molecule has 0 unspecified atom stereocenters. The van der Waals surface area contributed by atoms with Gasteiger partial charge in [0.15, 0.2) is 6.29 Å². The Balaban J connectivity index is 2.00. The van der Waals surface area contributed by atoms with Gasteiger partial charge in [0.2, 0.25) is 0 Å². The Morgan fingerprint density at radius 3 is 2.80 bits per heavy atom. The van der Waals surface area contributed by atoms with Crippen LogP contribution in [-0.4, -0.2) is 42.4 Å². The van der Waals surface area contributed by atoms with E-state index in [1.54, 1.807) is 0 Å². The molecule has 0 saturated carbocycles. The van der Waals surface area contributed by atoms with E-state index in [0.717, 1.165) is 0 Å². The second-order valence-corrected chi connectivity index (χ2v) is 2.93. The molecule has 5 atom stereocenters. The molecule has 3 fully saturated rings. The Labute approximate surface area is 57.7 Å². The topological polar surface area (TPSA) is 47.9 Å². The third-order valence-electron chi connectivity index (χ3n) is 2.36. The molecule has 56 valence electrons. The fourth-order valence-electron chi connectivity index (χ4n) is 1.86. The van der Waals surface area contributed by atoms with E-state index in [-0.39, 0.29) is 18.3 Å². The van der Waals surface area contributed by atoms with Crippen LogP contribution >= 0.6 is 0 Å². The molecule has 0 amide bonds. The molecule has 4 nitrogen and oxygen atoms in total. The summed E-state index contributed by atoms with van der Waals surface area (Å²) in [5.74, 6) is 0. The standard InChI is InChI=1S/C6H8O4/c7-3-5-4-2(1-8-5)9-6(3)10-4/h2-7H,1H2/t2-,3-,4-,5+,6+/m1/s1. The number of aliphatic hydroxyl groups is 1. The smallest absolute Gasteiger partial charge is 0.187 e. The minimum absolute atomic E-state index is 0.000000000000000222. The zero-order valence-electron chi connectivity index (χ0n) is 5.27. The lowest BCUT2D eigenvalue weighted by molar-refractivity contribution is -0.104. The summed E-state index contributed by atoms with van der Waals surface area (Å²) in [5, 5.41) is 9.33. The summed E-state index contributed by atoms with van der Waals surface area (Å²) in [6.07, 6.45) is -1.02. The zero-order valence-corrected chi connectivity index (χ0v) is 5.27. The van der Waals surface area contributed by atoms with Crippen LogP contribution in [0.15, 0.2) is 0 Å². The minimum atomic E-state index is -0.566. The lowest BCUT2D eigenvalue weighted by atomic mass is 10.1. The van der Waals surface area contributed by atoms with Gasteiger partial charge in [0.1, 0.15) is 24.4 Å². The molecule has 1 N–H and O–H groups in total. The molecule has 3 aliphatic rings. The highest BCUT2D eigenvalue weighted by Crippen LogP contribution is 2.40. The van der Waals surface area contributed by atoms with Crippen molar-refractivity contribution in [1.29, 1.82) is 0 Å². The van der Waals surface area contributed by atoms with E-state index in [1.807, 2.05) is 0 Å². The molecule has 2 bridgehead atoms. The number of hydrogen-bond acceptors (Lipinski definition) is 4. The van der Waals surface area contributed by atoms with Crippen molar-refractivity contribution >= 4 is 0 Å². The van der Waals surface area contributed by atoms with E-state index in [2.05, 4.69) is 0 Å². The second-order valence-electron chi connectivity index (χ2n) is 2.93. The first-order chi connectivity index (χ1) is 4.86. The summed E-state index contributed by atoms with van der Waals surface area (Å²) >= 11 is 0. The van der Waals surface area contributed by atoms with Gasteiger partial charge in [-0.1, -0.05) is 0 Å². The van der Waals surface area contributed by atoms with Crippen LogP contribution < -0.4 is 0 Å². The monoisotopic (exact) mass is 144 g/mol. The molecule has 0 radical (unpaired) electrons. The van der Waals surface area contributed by atoms with E-state index in [9.17, 15) is 5.11 Å². The number of hydrogen-bond donors (Lipinski definition) is 1. The molecule has 0 aromatic heterocycles. The Morgan fingerprint density at radius 1 is 1.20 bits per heavy atom. The van der Waals surface area contributed by atoms with Crippen LogP contribution in [0.1, 0.15) is 0 Å². The molecule has 3 aliphatic heterocycles. The van der Waals surface area contributed by atoms with Crippen LogP contribution in [0.2, 0.25) is 0 Å². The van der Waals surface area contributed by atoms with Gasteiger partial charge in [-0.3, -0.25) is 0 Å². The van der Waals surface area contributed by atoms with Gasteiger partial charge < -0.3 is 19.3 Å². The molecule has 3 rings (SSSR count). The highest BCUT2D eigenvalue weighted by molar-refractivity contribution is 5.02. The first kappa shape index (κ1) is 5.49. The van der Waals surface area contributed by atoms with Gasteiger partial charge in [0.25, 0.3) is 0 Å². The predicted molar refractivity (Wildman–Crippen MR) is 29.3 cm³/mol. The number of aliphatic hydroxyl groups excluding tert-OH is 1. The normalized spacial score (nSPS) is 63.9. The average molecular weight is 144 g/mol. The highest BCUT2D eigenvalue weighted by atomic mass is 16.8. The zero-order chi connectivity index (χ0) is 6.72. The number of fused-ring (bicyclic) bond motifs is 1. The summed E-state index contributed by atoms with van der Waals surface area (Å²) in [4.78, 5) is 0. The Kier molecular flexibility index (Phi) is 0.840. The molecule has 3 saturated heterocycles. The Morgan fingerprint density at radius 2 is 2.10 bits per heavy atom. The SMILES string of the molecule is O[C@H]1[C@@H]2O[C@H]3[C@H]1OC[C@H]3O2. The summed E-state index contributed by atoms with van der Waals surface area (Å²) in [6.45, 7) is 0.572. The van der Waals surface area contributed by atoms with Crippen molar-refractivity contribution in [2.75, 3.05) is 6.61 Å². The van der Waals surface area contributed by atoms with Crippen molar-refractivity contribution in [3.05, 3.63) is 0 Å². The molecule has 10 heavy (non-hydrogen) atoms. The quantitative estimate of drug-likeness (QED) is 0.467. The molecule has 3 heterocycles. The van der Waals surface area contributed by atoms with E-state index in [4.69, 9.17) is 14.2 Å². The number of rotatable bonds is 0. The molecule has 0 spiro atoms. The third kappa shape index (κ3) is 0.441. The fourth-order valence-corrected chi connectivity index (χ4v) is 1.86. The summed E-state index contributed by atoms with van der Waals surface area (Å²) in [7, 11) is 0. The maximum absolute atomic E-state index is 9.33. The summed E-state index contributed by atoms with van der Waals surface area (Å²) < 4.78 is 15.8. The van der Waals surface area contributed by atoms with Gasteiger partial charge in [-0.25, -0.2) is 0 Å². The highest BCUT2D eigenvalue weighted by Gasteiger charge is 2.59. The van der Waals surface area contributed by atoms with E-state index >= 15 is 0 Å². The van der Waals surface area contributed by atoms with E-state index in [0.29, 0.717) is 6.61 Å². The van der Waals surface area contributed by atoms with Crippen LogP contribution in [0.25, 0.3) is 0 Å². The van der Waals surface area contributed by atoms with Crippen LogP contribution in [0.5, 0.6) is 0 Å². The molecule has 0 aliphatic carbocycles. The van der Waals surface area contributed by atoms with E-state index < -0.39 is 12.4 Å². The van der Waals surface area contributed by atoms with Gasteiger partial charge >= 0.3 is 0 Å². The fraction of sp³-hybridized carbons (Fsp3) is 1.00. The van der Waals surface area contributed by atoms with Gasteiger partial charge in [-0.05, 0) is 0 Å². The van der Waals surface area contributed by atoms with Crippen LogP contribution in [-0.2, 0) is 14.2 Å². The average Bonchev–Trinajstić information content (AvgIpc) is 2.43. The van der Waals surface area contributed by atoms with Gasteiger partial charge in [-0.2, -0.15) is 0 Å². The van der Waals surface area contributed by atoms with Crippen molar-refractivity contribution < 1.29 is 19.3 Å². The van der Waals surface area contributed by atoms with Crippen molar-refractivity contribution in [3.63, 3.8) is 0 Å². The maximum atomic E-state index is 9.33. The van der Waals surface area contributed by atoms with Crippen LogP contribution in [0, 0.1) is 0 Å². The Hall–Kier alpha value is -0.160. The summed E-state index contributed by atoms with van der Waals surface area (Å²) in [5.41, 5.74) is 0. The van der Waals surface area contributed by atoms with E-state index in [1.165, 1.54) is 0 Å². The van der Waals surface area contributed by atoms with Crippen molar-refractivity contribution in [2.24, 2.45) is 0 Å². The van der Waals surface area contributed by atoms with Crippen LogP contribution in [0.3, 0.4) is 0 Å². The third-order valence-corrected chi connectivity index (χ3v) is 2.36. The van der Waals surface area contributed by atoms with Gasteiger partial charge in [0.05, 0.1) is 6.61 Å². The second kappa shape index (κ2) is 1.53. The van der Waals surface area contributed by atoms with Crippen LogP contribution in [0.4, 0.5) is 0 Å². The van der Waals surface area contributed by atoms with Gasteiger partial charge in [0, 0.05) is 0 Å². The first-order valence-corrected chi connectivity index (χ1v) is 3.47. The molecular formula is C6H8O4. The van der Waals surface area contributed by atoms with Crippen molar-refractivity contribution in [2.45, 2.75) is 30.7 Å². The first-order valence-electron chi connectivity index (χ1n) is 3.47. The van der Waals surface area contributed by atoms with Crippen molar-refractivity contribution in [3.8, 4) is 0 Å². The largest absolute Gasteiger partial charge is 0.385 e. The predicted octanol–water partition coefficient (Wildman–Crippen LogP) is -1.13.